The predicted octanol–water partition coefficient (Wildman–Crippen LogP) is 0.910. The Bertz CT molecular complexity index is 741. The number of carbonyl (C=O) groups is 1. The summed E-state index contributed by atoms with van der Waals surface area (Å²) >= 11 is 5.94. The van der Waals surface area contributed by atoms with E-state index in [1.807, 2.05) is 24.3 Å². The van der Waals surface area contributed by atoms with Crippen molar-refractivity contribution in [2.75, 3.05) is 32.5 Å². The summed E-state index contributed by atoms with van der Waals surface area (Å²) in [5.41, 5.74) is 1.10. The maximum atomic E-state index is 12.0. The molecular formula is C17H24ClN3O4S. The highest BCUT2D eigenvalue weighted by molar-refractivity contribution is 7.88. The minimum absolute atomic E-state index is 0.0110. The standard InChI is InChI=1S/C17H24ClN3O4S/c1-26(23,24)19-7-6-17(22)20-14-8-15-11-25-16(10-21(15)9-14)12-2-4-13(18)5-3-12/h2-5,14-16,19H,6-11H2,1H3,(H,20,22)/t14-,15-,16+/m0/s1. The molecule has 1 amide bonds. The fourth-order valence-electron chi connectivity index (χ4n) is 3.51. The monoisotopic (exact) mass is 401 g/mol. The van der Waals surface area contributed by atoms with E-state index in [-0.39, 0.29) is 31.0 Å². The third-order valence-electron chi connectivity index (χ3n) is 4.74. The van der Waals surface area contributed by atoms with Gasteiger partial charge in [0.2, 0.25) is 15.9 Å². The predicted molar refractivity (Wildman–Crippen MR) is 99.5 cm³/mol. The van der Waals surface area contributed by atoms with E-state index in [1.165, 1.54) is 0 Å². The van der Waals surface area contributed by atoms with Gasteiger partial charge < -0.3 is 10.1 Å². The highest BCUT2D eigenvalue weighted by Gasteiger charge is 2.38. The maximum absolute atomic E-state index is 12.0. The number of carbonyl (C=O) groups excluding carboxylic acids is 1. The van der Waals surface area contributed by atoms with Gasteiger partial charge in [0.05, 0.1) is 19.0 Å². The topological polar surface area (TPSA) is 87.7 Å². The number of nitrogens with zero attached hydrogens (tertiary/aromatic N) is 1. The van der Waals surface area contributed by atoms with E-state index in [1.54, 1.807) is 0 Å². The molecule has 0 bridgehead atoms. The Morgan fingerprint density at radius 1 is 1.31 bits per heavy atom. The van der Waals surface area contributed by atoms with Crippen LogP contribution in [0.2, 0.25) is 5.02 Å². The van der Waals surface area contributed by atoms with Gasteiger partial charge in [0.25, 0.3) is 0 Å². The number of ether oxygens (including phenoxy) is 1. The molecule has 1 aromatic carbocycles. The molecule has 9 heteroatoms. The second-order valence-corrected chi connectivity index (χ2v) is 9.17. The van der Waals surface area contributed by atoms with E-state index < -0.39 is 10.0 Å². The third-order valence-corrected chi connectivity index (χ3v) is 5.72. The van der Waals surface area contributed by atoms with Crippen LogP contribution in [0.15, 0.2) is 24.3 Å². The quantitative estimate of drug-likeness (QED) is 0.739. The van der Waals surface area contributed by atoms with E-state index >= 15 is 0 Å². The fourth-order valence-corrected chi connectivity index (χ4v) is 4.11. The van der Waals surface area contributed by atoms with E-state index in [2.05, 4.69) is 14.9 Å². The van der Waals surface area contributed by atoms with Gasteiger partial charge in [-0.05, 0) is 24.1 Å². The van der Waals surface area contributed by atoms with Gasteiger partial charge in [-0.15, -0.1) is 0 Å². The van der Waals surface area contributed by atoms with Crippen LogP contribution in [0.5, 0.6) is 0 Å². The first kappa shape index (κ1) is 19.6. The van der Waals surface area contributed by atoms with Crippen molar-refractivity contribution < 1.29 is 17.9 Å². The maximum Gasteiger partial charge on any atom is 0.221 e. The van der Waals surface area contributed by atoms with Crippen LogP contribution in [-0.4, -0.2) is 63.8 Å². The molecule has 7 nitrogen and oxygen atoms in total. The molecule has 0 aromatic heterocycles. The molecule has 0 aliphatic carbocycles. The van der Waals surface area contributed by atoms with E-state index in [9.17, 15) is 13.2 Å². The fraction of sp³-hybridized carbons (Fsp3) is 0.588. The Labute approximate surface area is 159 Å². The van der Waals surface area contributed by atoms with Gasteiger partial charge in [0, 0.05) is 43.2 Å². The first-order valence-corrected chi connectivity index (χ1v) is 10.9. The lowest BCUT2D eigenvalue weighted by Gasteiger charge is -2.35. The highest BCUT2D eigenvalue weighted by atomic mass is 35.5. The molecule has 26 heavy (non-hydrogen) atoms. The number of rotatable bonds is 6. The number of sulfonamides is 1. The van der Waals surface area contributed by atoms with Crippen molar-refractivity contribution in [1.82, 2.24) is 14.9 Å². The van der Waals surface area contributed by atoms with Crippen LogP contribution in [0, 0.1) is 0 Å². The molecule has 144 valence electrons. The minimum atomic E-state index is -3.26. The Kier molecular flexibility index (Phi) is 6.19. The zero-order chi connectivity index (χ0) is 18.7. The second-order valence-electron chi connectivity index (χ2n) is 6.90. The van der Waals surface area contributed by atoms with Crippen molar-refractivity contribution in [3.8, 4) is 0 Å². The Morgan fingerprint density at radius 2 is 2.04 bits per heavy atom. The van der Waals surface area contributed by atoms with Crippen LogP contribution in [0.3, 0.4) is 0 Å². The van der Waals surface area contributed by atoms with E-state index in [4.69, 9.17) is 16.3 Å². The molecule has 0 saturated carbocycles. The molecule has 1 aromatic rings. The number of fused-ring (bicyclic) bond motifs is 1. The summed E-state index contributed by atoms with van der Waals surface area (Å²) in [6.45, 7) is 2.32. The molecule has 3 rings (SSSR count). The van der Waals surface area contributed by atoms with Crippen LogP contribution in [-0.2, 0) is 19.6 Å². The summed E-state index contributed by atoms with van der Waals surface area (Å²) in [7, 11) is -3.26. The number of nitrogens with one attached hydrogen (secondary N) is 2. The number of halogens is 1. The molecule has 2 heterocycles. The summed E-state index contributed by atoms with van der Waals surface area (Å²) in [5.74, 6) is -0.138. The minimum Gasteiger partial charge on any atom is -0.371 e. The van der Waals surface area contributed by atoms with Crippen LogP contribution >= 0.6 is 11.6 Å². The molecule has 2 fully saturated rings. The molecule has 2 saturated heterocycles. The lowest BCUT2D eigenvalue weighted by Crippen LogP contribution is -2.43. The normalized spacial score (nSPS) is 26.5. The summed E-state index contributed by atoms with van der Waals surface area (Å²) < 4.78 is 30.4. The Balaban J connectivity index is 1.47. The zero-order valence-electron chi connectivity index (χ0n) is 14.7. The molecule has 2 N–H and O–H groups in total. The van der Waals surface area contributed by atoms with Crippen LogP contribution < -0.4 is 10.0 Å². The van der Waals surface area contributed by atoms with Gasteiger partial charge in [-0.3, -0.25) is 9.69 Å². The average molecular weight is 402 g/mol. The number of benzene rings is 1. The summed E-state index contributed by atoms with van der Waals surface area (Å²) in [6.07, 6.45) is 2.07. The zero-order valence-corrected chi connectivity index (χ0v) is 16.2. The van der Waals surface area contributed by atoms with Crippen LogP contribution in [0.25, 0.3) is 0 Å². The lowest BCUT2D eigenvalue weighted by atomic mass is 10.1. The van der Waals surface area contributed by atoms with E-state index in [0.29, 0.717) is 17.7 Å². The van der Waals surface area contributed by atoms with Crippen molar-refractivity contribution in [2.24, 2.45) is 0 Å². The molecule has 2 aliphatic heterocycles. The number of hydrogen-bond acceptors (Lipinski definition) is 5. The number of hydrogen-bond donors (Lipinski definition) is 2. The van der Waals surface area contributed by atoms with Gasteiger partial charge in [-0.1, -0.05) is 23.7 Å². The summed E-state index contributed by atoms with van der Waals surface area (Å²) in [5, 5.41) is 3.70. The molecule has 2 aliphatic rings. The molecule has 0 spiro atoms. The molecule has 3 atom stereocenters. The van der Waals surface area contributed by atoms with Crippen molar-refractivity contribution >= 4 is 27.5 Å². The second kappa shape index (κ2) is 8.22. The van der Waals surface area contributed by atoms with Gasteiger partial charge >= 0.3 is 0 Å². The van der Waals surface area contributed by atoms with Gasteiger partial charge in [0.15, 0.2) is 0 Å². The largest absolute Gasteiger partial charge is 0.371 e. The van der Waals surface area contributed by atoms with Crippen LogP contribution in [0.1, 0.15) is 24.5 Å². The van der Waals surface area contributed by atoms with Gasteiger partial charge in [-0.25, -0.2) is 13.1 Å². The van der Waals surface area contributed by atoms with Crippen molar-refractivity contribution in [2.45, 2.75) is 31.0 Å². The molecule has 0 radical (unpaired) electrons. The molecular weight excluding hydrogens is 378 g/mol. The van der Waals surface area contributed by atoms with Gasteiger partial charge in [0.1, 0.15) is 0 Å². The first-order chi connectivity index (χ1) is 12.3. The lowest BCUT2D eigenvalue weighted by molar-refractivity contribution is -0.121. The molecule has 0 unspecified atom stereocenters. The summed E-state index contributed by atoms with van der Waals surface area (Å²) in [4.78, 5) is 14.3. The van der Waals surface area contributed by atoms with Crippen molar-refractivity contribution in [3.05, 3.63) is 34.9 Å². The SMILES string of the molecule is CS(=O)(=O)NCCC(=O)N[C@H]1C[C@H]2CO[C@@H](c3ccc(Cl)cc3)CN2C1. The first-order valence-electron chi connectivity index (χ1n) is 8.65. The van der Waals surface area contributed by atoms with Crippen molar-refractivity contribution in [3.63, 3.8) is 0 Å². The van der Waals surface area contributed by atoms with Gasteiger partial charge in [-0.2, -0.15) is 0 Å². The average Bonchev–Trinajstić information content (AvgIpc) is 2.95. The summed E-state index contributed by atoms with van der Waals surface area (Å²) in [6, 6.07) is 8.07. The Hall–Kier alpha value is -1.19. The Morgan fingerprint density at radius 3 is 2.73 bits per heavy atom. The van der Waals surface area contributed by atoms with Crippen LogP contribution in [0.4, 0.5) is 0 Å². The smallest absolute Gasteiger partial charge is 0.221 e. The number of amides is 1. The highest BCUT2D eigenvalue weighted by Crippen LogP contribution is 2.30. The number of morpholine rings is 1. The van der Waals surface area contributed by atoms with Crippen molar-refractivity contribution in [1.29, 1.82) is 0 Å². The van der Waals surface area contributed by atoms with E-state index in [0.717, 1.165) is 31.3 Å². The third kappa shape index (κ3) is 5.40.